The molecule has 2 aliphatic rings. The zero-order chi connectivity index (χ0) is 18.5. The molecular formula is C19H22N4O3. The highest BCUT2D eigenvalue weighted by molar-refractivity contribution is 6.04. The van der Waals surface area contributed by atoms with Crippen molar-refractivity contribution in [3.05, 3.63) is 35.3 Å². The summed E-state index contributed by atoms with van der Waals surface area (Å²) in [6, 6.07) is 1.94. The summed E-state index contributed by atoms with van der Waals surface area (Å²) in [5.74, 6) is -0.317. The highest BCUT2D eigenvalue weighted by atomic mass is 16.6. The van der Waals surface area contributed by atoms with Gasteiger partial charge in [-0.1, -0.05) is 0 Å². The Labute approximate surface area is 152 Å². The average Bonchev–Trinajstić information content (AvgIpc) is 2.87. The zero-order valence-electron chi connectivity index (χ0n) is 15.3. The lowest BCUT2D eigenvalue weighted by atomic mass is 9.90. The van der Waals surface area contributed by atoms with Gasteiger partial charge in [0.15, 0.2) is 0 Å². The second kappa shape index (κ2) is 5.93. The lowest BCUT2D eigenvalue weighted by Crippen LogP contribution is -2.41. The van der Waals surface area contributed by atoms with Gasteiger partial charge in [0.05, 0.1) is 5.69 Å². The monoisotopic (exact) mass is 354 g/mol. The van der Waals surface area contributed by atoms with Crippen molar-refractivity contribution in [2.75, 3.05) is 6.54 Å². The summed E-state index contributed by atoms with van der Waals surface area (Å²) in [7, 11) is 0. The van der Waals surface area contributed by atoms with Crippen LogP contribution in [0.3, 0.4) is 0 Å². The lowest BCUT2D eigenvalue weighted by Gasteiger charge is -2.25. The molecule has 26 heavy (non-hydrogen) atoms. The number of carbonyl (C=O) groups is 2. The number of hydrogen-bond acceptors (Lipinski definition) is 5. The van der Waals surface area contributed by atoms with Crippen molar-refractivity contribution in [3.8, 4) is 11.3 Å². The van der Waals surface area contributed by atoms with Gasteiger partial charge in [0, 0.05) is 36.6 Å². The van der Waals surface area contributed by atoms with E-state index in [4.69, 9.17) is 9.84 Å². The minimum atomic E-state index is -0.644. The normalized spacial score (nSPS) is 16.4. The second-order valence-corrected chi connectivity index (χ2v) is 7.72. The first-order valence-electron chi connectivity index (χ1n) is 8.93. The third-order valence-corrected chi connectivity index (χ3v) is 4.67. The average molecular weight is 354 g/mol. The molecule has 7 nitrogen and oxygen atoms in total. The van der Waals surface area contributed by atoms with Crippen LogP contribution in [0, 0.1) is 0 Å². The fourth-order valence-corrected chi connectivity index (χ4v) is 3.57. The number of nitrogens with zero attached hydrogens (tertiary/aromatic N) is 4. The molecule has 0 saturated carbocycles. The highest BCUT2D eigenvalue weighted by Gasteiger charge is 2.36. The summed E-state index contributed by atoms with van der Waals surface area (Å²) < 4.78 is 7.18. The first-order valence-corrected chi connectivity index (χ1v) is 8.93. The highest BCUT2D eigenvalue weighted by Crippen LogP contribution is 2.35. The van der Waals surface area contributed by atoms with Crippen LogP contribution in [-0.2, 0) is 24.1 Å². The van der Waals surface area contributed by atoms with E-state index in [9.17, 15) is 9.59 Å². The molecular weight excluding hydrogens is 332 g/mol. The minimum absolute atomic E-state index is 0.317. The van der Waals surface area contributed by atoms with E-state index in [1.165, 1.54) is 4.90 Å². The Balaban J connectivity index is 1.75. The third kappa shape index (κ3) is 2.77. The number of pyridine rings is 1. The van der Waals surface area contributed by atoms with Crippen LogP contribution in [0.5, 0.6) is 0 Å². The van der Waals surface area contributed by atoms with Crippen molar-refractivity contribution < 1.29 is 14.3 Å². The van der Waals surface area contributed by atoms with Crippen LogP contribution < -0.4 is 0 Å². The maximum absolute atomic E-state index is 13.2. The van der Waals surface area contributed by atoms with Gasteiger partial charge in [-0.2, -0.15) is 5.10 Å². The van der Waals surface area contributed by atoms with Gasteiger partial charge in [0.1, 0.15) is 11.3 Å². The molecule has 4 rings (SSSR count). The van der Waals surface area contributed by atoms with Crippen molar-refractivity contribution >= 4 is 12.0 Å². The van der Waals surface area contributed by atoms with Crippen molar-refractivity contribution in [2.45, 2.75) is 52.2 Å². The number of carbonyl (C=O) groups excluding carboxylic acids is 2. The van der Waals surface area contributed by atoms with Gasteiger partial charge in [0.25, 0.3) is 5.91 Å². The van der Waals surface area contributed by atoms with Gasteiger partial charge in [-0.15, -0.1) is 0 Å². The Bertz CT molecular complexity index is 895. The summed E-state index contributed by atoms with van der Waals surface area (Å²) >= 11 is 0. The molecule has 3 heterocycles. The quantitative estimate of drug-likeness (QED) is 0.727. The Hall–Kier alpha value is -2.70. The van der Waals surface area contributed by atoms with E-state index >= 15 is 0 Å². The van der Waals surface area contributed by atoms with Crippen LogP contribution in [0.1, 0.15) is 48.8 Å². The molecule has 0 fully saturated rings. The first kappa shape index (κ1) is 16.8. The molecule has 0 radical (unpaired) electrons. The Morgan fingerprint density at radius 2 is 2.04 bits per heavy atom. The number of imide groups is 1. The number of aryl methyl sites for hydroxylation is 2. The molecule has 0 spiro atoms. The van der Waals surface area contributed by atoms with Gasteiger partial charge in [-0.05, 0) is 51.7 Å². The van der Waals surface area contributed by atoms with Crippen LogP contribution >= 0.6 is 0 Å². The topological polar surface area (TPSA) is 77.3 Å². The van der Waals surface area contributed by atoms with Crippen LogP contribution in [-0.4, -0.2) is 43.8 Å². The molecule has 136 valence electrons. The smallest absolute Gasteiger partial charge is 0.417 e. The summed E-state index contributed by atoms with van der Waals surface area (Å²) in [5.41, 5.74) is 3.80. The Morgan fingerprint density at radius 3 is 2.81 bits per heavy atom. The number of fused-ring (bicyclic) bond motifs is 5. The lowest BCUT2D eigenvalue weighted by molar-refractivity contribution is 0.0243. The molecule has 0 saturated heterocycles. The van der Waals surface area contributed by atoms with E-state index < -0.39 is 11.7 Å². The fourth-order valence-electron chi connectivity index (χ4n) is 3.57. The van der Waals surface area contributed by atoms with E-state index in [2.05, 4.69) is 4.98 Å². The summed E-state index contributed by atoms with van der Waals surface area (Å²) in [6.45, 7) is 6.33. The molecule has 1 aliphatic heterocycles. The second-order valence-electron chi connectivity index (χ2n) is 7.72. The molecule has 0 aromatic carbocycles. The summed E-state index contributed by atoms with van der Waals surface area (Å²) in [4.78, 5) is 31.1. The van der Waals surface area contributed by atoms with Crippen molar-refractivity contribution in [2.24, 2.45) is 0 Å². The van der Waals surface area contributed by atoms with Gasteiger partial charge in [-0.3, -0.25) is 14.5 Å². The number of rotatable bonds is 0. The predicted molar refractivity (Wildman–Crippen MR) is 94.8 cm³/mol. The van der Waals surface area contributed by atoms with Gasteiger partial charge in [0.2, 0.25) is 0 Å². The molecule has 0 unspecified atom stereocenters. The maximum Gasteiger partial charge on any atom is 0.417 e. The van der Waals surface area contributed by atoms with E-state index in [0.717, 1.165) is 35.2 Å². The number of ether oxygens (including phenoxy) is 1. The molecule has 2 aromatic heterocycles. The maximum atomic E-state index is 13.2. The number of aromatic nitrogens is 3. The fraction of sp³-hybridized carbons (Fsp3) is 0.474. The van der Waals surface area contributed by atoms with Crippen LogP contribution in [0.2, 0.25) is 0 Å². The first-order chi connectivity index (χ1) is 12.3. The van der Waals surface area contributed by atoms with Crippen molar-refractivity contribution in [1.29, 1.82) is 0 Å². The molecule has 0 bridgehead atoms. The Kier molecular flexibility index (Phi) is 3.82. The van der Waals surface area contributed by atoms with E-state index in [1.807, 2.05) is 12.3 Å². The zero-order valence-corrected chi connectivity index (χ0v) is 15.3. The SMILES string of the molecule is CC(C)(C)OC(=O)N1CCCn2nc3c(c2C1=O)CCc1cnccc1-3. The molecule has 1 aliphatic carbocycles. The molecule has 0 atom stereocenters. The van der Waals surface area contributed by atoms with Gasteiger partial charge >= 0.3 is 6.09 Å². The number of amides is 2. The molecule has 2 amide bonds. The van der Waals surface area contributed by atoms with Gasteiger partial charge < -0.3 is 4.74 Å². The van der Waals surface area contributed by atoms with Crippen LogP contribution in [0.4, 0.5) is 4.79 Å². The van der Waals surface area contributed by atoms with E-state index in [1.54, 1.807) is 31.6 Å². The van der Waals surface area contributed by atoms with E-state index in [0.29, 0.717) is 25.2 Å². The number of hydrogen-bond donors (Lipinski definition) is 0. The molecule has 2 aromatic rings. The third-order valence-electron chi connectivity index (χ3n) is 4.67. The van der Waals surface area contributed by atoms with E-state index in [-0.39, 0.29) is 5.91 Å². The minimum Gasteiger partial charge on any atom is -0.443 e. The van der Waals surface area contributed by atoms with Crippen LogP contribution in [0.25, 0.3) is 11.3 Å². The van der Waals surface area contributed by atoms with Crippen molar-refractivity contribution in [1.82, 2.24) is 19.7 Å². The predicted octanol–water partition coefficient (Wildman–Crippen LogP) is 2.82. The largest absolute Gasteiger partial charge is 0.443 e. The van der Waals surface area contributed by atoms with Gasteiger partial charge in [-0.25, -0.2) is 9.69 Å². The summed E-state index contributed by atoms with van der Waals surface area (Å²) in [5, 5.41) is 4.70. The standard InChI is InChI=1S/C19H22N4O3/c1-19(2,3)26-18(25)22-9-4-10-23-16(17(22)24)14-6-5-12-11-20-8-7-13(12)15(14)21-23/h7-8,11H,4-6,9-10H2,1-3H3. The van der Waals surface area contributed by atoms with Crippen LogP contribution in [0.15, 0.2) is 18.5 Å². The Morgan fingerprint density at radius 1 is 1.23 bits per heavy atom. The van der Waals surface area contributed by atoms with Crippen molar-refractivity contribution in [3.63, 3.8) is 0 Å². The summed E-state index contributed by atoms with van der Waals surface area (Å²) in [6.07, 6.45) is 5.20. The molecule has 7 heteroatoms. The molecule has 0 N–H and O–H groups in total.